The molecule has 6 rings (SSSR count). The second-order valence-electron chi connectivity index (χ2n) is 11.1. The van der Waals surface area contributed by atoms with Crippen molar-refractivity contribution in [2.24, 2.45) is 0 Å². The van der Waals surface area contributed by atoms with E-state index in [2.05, 4.69) is 9.62 Å². The third-order valence-electron chi connectivity index (χ3n) is 8.06. The number of aryl methyl sites for hydroxylation is 1. The Morgan fingerprint density at radius 1 is 0.830 bits per heavy atom. The van der Waals surface area contributed by atoms with Crippen LogP contribution < -0.4 is 19.3 Å². The number of hydrogen-bond acceptors (Lipinski definition) is 7. The van der Waals surface area contributed by atoms with Crippen molar-refractivity contribution in [1.82, 2.24) is 0 Å². The van der Waals surface area contributed by atoms with Crippen LogP contribution in [0.25, 0.3) is 0 Å². The fourth-order valence-corrected chi connectivity index (χ4v) is 6.73. The number of rotatable bonds is 9. The number of methoxy groups -OCH3 is 2. The fraction of sp³-hybridized carbons (Fsp3) is 0.135. The smallest absolute Gasteiger partial charge is 0.337 e. The van der Waals surface area contributed by atoms with Gasteiger partial charge in [-0.2, -0.15) is 0 Å². The molecule has 0 saturated carbocycles. The number of esters is 1. The zero-order chi connectivity index (χ0) is 33.1. The minimum absolute atomic E-state index is 0.0413. The summed E-state index contributed by atoms with van der Waals surface area (Å²) >= 11 is 0. The van der Waals surface area contributed by atoms with E-state index in [4.69, 9.17) is 9.47 Å². The van der Waals surface area contributed by atoms with E-state index in [1.165, 1.54) is 19.2 Å². The minimum atomic E-state index is -4.03. The molecule has 1 amide bonds. The van der Waals surface area contributed by atoms with Crippen LogP contribution in [0.3, 0.4) is 0 Å². The number of anilines is 3. The van der Waals surface area contributed by atoms with E-state index in [1.54, 1.807) is 78.7 Å². The van der Waals surface area contributed by atoms with Gasteiger partial charge in [-0.05, 0) is 84.8 Å². The Bertz CT molecular complexity index is 2010. The Morgan fingerprint density at radius 2 is 1.51 bits per heavy atom. The first kappa shape index (κ1) is 31.4. The number of ether oxygens (including phenoxy) is 2. The lowest BCUT2D eigenvalue weighted by Gasteiger charge is -2.46. The summed E-state index contributed by atoms with van der Waals surface area (Å²) in [4.78, 5) is 30.5. The summed E-state index contributed by atoms with van der Waals surface area (Å²) in [6.45, 7) is 2.31. The molecule has 1 aliphatic heterocycles. The van der Waals surface area contributed by atoms with Crippen LogP contribution in [-0.4, -0.2) is 34.5 Å². The van der Waals surface area contributed by atoms with Gasteiger partial charge in [-0.15, -0.1) is 0 Å². The van der Waals surface area contributed by atoms with Crippen molar-refractivity contribution < 1.29 is 27.5 Å². The average Bonchev–Trinajstić information content (AvgIpc) is 3.10. The molecule has 47 heavy (non-hydrogen) atoms. The summed E-state index contributed by atoms with van der Waals surface area (Å²) in [7, 11) is -1.14. The van der Waals surface area contributed by atoms with Crippen LogP contribution in [0.4, 0.5) is 17.1 Å². The summed E-state index contributed by atoms with van der Waals surface area (Å²) in [5, 5.41) is 0. The summed E-state index contributed by atoms with van der Waals surface area (Å²) in [5.41, 5.74) is 4.89. The Balaban J connectivity index is 1.52. The van der Waals surface area contributed by atoms with Gasteiger partial charge in [0.05, 0.1) is 35.9 Å². The first-order valence-electron chi connectivity index (χ1n) is 14.9. The van der Waals surface area contributed by atoms with Gasteiger partial charge in [0.25, 0.3) is 15.9 Å². The molecule has 0 fully saturated rings. The number of benzene rings is 5. The molecule has 0 saturated heterocycles. The fourth-order valence-electron chi connectivity index (χ4n) is 5.64. The van der Waals surface area contributed by atoms with E-state index < -0.39 is 22.2 Å². The number of carbonyl (C=O) groups is 2. The molecule has 0 bridgehead atoms. The van der Waals surface area contributed by atoms with E-state index in [-0.39, 0.29) is 16.4 Å². The summed E-state index contributed by atoms with van der Waals surface area (Å²) in [6.07, 6.45) is -0.663. The lowest BCUT2D eigenvalue weighted by Crippen LogP contribution is -2.49. The molecule has 5 aromatic carbocycles. The summed E-state index contributed by atoms with van der Waals surface area (Å²) in [6, 6.07) is 35.5. The Morgan fingerprint density at radius 3 is 2.15 bits per heavy atom. The minimum Gasteiger partial charge on any atom is -0.497 e. The van der Waals surface area contributed by atoms with Gasteiger partial charge in [0.1, 0.15) is 11.9 Å². The van der Waals surface area contributed by atoms with E-state index in [0.29, 0.717) is 34.9 Å². The van der Waals surface area contributed by atoms with Crippen molar-refractivity contribution in [2.75, 3.05) is 28.7 Å². The van der Waals surface area contributed by atoms with Crippen molar-refractivity contribution >= 4 is 39.0 Å². The number of amides is 1. The molecule has 10 heteroatoms. The van der Waals surface area contributed by atoms with Gasteiger partial charge >= 0.3 is 5.97 Å². The number of hydrogen-bond donors (Lipinski definition) is 1. The zero-order valence-electron chi connectivity index (χ0n) is 26.1. The van der Waals surface area contributed by atoms with Crippen LogP contribution in [0.1, 0.15) is 43.6 Å². The van der Waals surface area contributed by atoms with Crippen molar-refractivity contribution in [2.45, 2.75) is 24.5 Å². The summed E-state index contributed by atoms with van der Waals surface area (Å²) in [5.74, 6) is -0.235. The van der Waals surface area contributed by atoms with Crippen LogP contribution in [0.2, 0.25) is 0 Å². The highest BCUT2D eigenvalue weighted by molar-refractivity contribution is 7.92. The van der Waals surface area contributed by atoms with Crippen LogP contribution in [0, 0.1) is 6.92 Å². The maximum atomic E-state index is 14.6. The molecule has 0 radical (unpaired) electrons. The molecule has 1 aliphatic rings. The molecule has 238 valence electrons. The van der Waals surface area contributed by atoms with E-state index in [9.17, 15) is 18.0 Å². The quantitative estimate of drug-likeness (QED) is 0.173. The highest BCUT2D eigenvalue weighted by atomic mass is 32.2. The number of carbonyl (C=O) groups excluding carboxylic acids is 2. The molecule has 5 aromatic rings. The third kappa shape index (κ3) is 6.41. The molecule has 1 N–H and O–H groups in total. The summed E-state index contributed by atoms with van der Waals surface area (Å²) < 4.78 is 40.0. The van der Waals surface area contributed by atoms with Gasteiger partial charge < -0.3 is 14.4 Å². The van der Waals surface area contributed by atoms with Crippen LogP contribution in [-0.2, 0) is 21.3 Å². The lowest BCUT2D eigenvalue weighted by molar-refractivity contribution is 0.0600. The number of nitrogens with one attached hydrogen (secondary N) is 1. The van der Waals surface area contributed by atoms with Crippen LogP contribution >= 0.6 is 0 Å². The first-order chi connectivity index (χ1) is 22.7. The number of sulfonamides is 1. The SMILES string of the molecule is COC(=O)c1ccc([C@@H]2N(Cc3ccccc3)c3ccc(S(=O)(=O)Nc4ccc(C)cc4)cc3C(=O)N2c2ccc(OC)cc2)cc1. The molecule has 1 atom stereocenters. The normalized spacial score (nSPS) is 14.4. The highest BCUT2D eigenvalue weighted by Gasteiger charge is 2.40. The molecule has 0 aromatic heterocycles. The molecule has 1 heterocycles. The van der Waals surface area contributed by atoms with E-state index >= 15 is 0 Å². The van der Waals surface area contributed by atoms with Gasteiger partial charge in [0.2, 0.25) is 0 Å². The van der Waals surface area contributed by atoms with E-state index in [1.807, 2.05) is 49.4 Å². The molecule has 0 aliphatic carbocycles. The second kappa shape index (κ2) is 13.0. The van der Waals surface area contributed by atoms with Gasteiger partial charge in [0.15, 0.2) is 0 Å². The van der Waals surface area contributed by atoms with Crippen molar-refractivity contribution in [3.05, 3.63) is 149 Å². The third-order valence-corrected chi connectivity index (χ3v) is 9.44. The Labute approximate surface area is 274 Å². The predicted molar refractivity (Wildman–Crippen MR) is 181 cm³/mol. The first-order valence-corrected chi connectivity index (χ1v) is 16.4. The Hall–Kier alpha value is -5.61. The van der Waals surface area contributed by atoms with Gasteiger partial charge in [-0.3, -0.25) is 14.4 Å². The highest BCUT2D eigenvalue weighted by Crippen LogP contribution is 2.43. The van der Waals surface area contributed by atoms with Gasteiger partial charge in [-0.1, -0.05) is 60.2 Å². The zero-order valence-corrected chi connectivity index (χ0v) is 26.9. The monoisotopic (exact) mass is 647 g/mol. The number of nitrogens with zero attached hydrogens (tertiary/aromatic N) is 2. The van der Waals surface area contributed by atoms with Crippen LogP contribution in [0.15, 0.2) is 126 Å². The van der Waals surface area contributed by atoms with Crippen LogP contribution in [0.5, 0.6) is 5.75 Å². The van der Waals surface area contributed by atoms with Gasteiger partial charge in [-0.25, -0.2) is 13.2 Å². The molecule has 0 unspecified atom stereocenters. The lowest BCUT2D eigenvalue weighted by atomic mass is 9.98. The standard InChI is InChI=1S/C37H33N3O6S/c1-25-9-15-29(16-10-25)38-47(43,44)32-21-22-34-33(23-32)36(41)40(30-17-19-31(45-2)20-18-30)35(39(34)24-26-7-5-4-6-8-26)27-11-13-28(14-12-27)37(42)46-3/h4-23,35,38H,24H2,1-3H3/t35-/m1/s1. The maximum absolute atomic E-state index is 14.6. The topological polar surface area (TPSA) is 105 Å². The van der Waals surface area contributed by atoms with Crippen molar-refractivity contribution in [3.8, 4) is 5.75 Å². The largest absolute Gasteiger partial charge is 0.497 e. The van der Waals surface area contributed by atoms with Gasteiger partial charge in [0, 0.05) is 17.9 Å². The number of fused-ring (bicyclic) bond motifs is 1. The molecule has 0 spiro atoms. The molecular weight excluding hydrogens is 614 g/mol. The predicted octanol–water partition coefficient (Wildman–Crippen LogP) is 6.96. The Kier molecular flexibility index (Phi) is 8.69. The average molecular weight is 648 g/mol. The van der Waals surface area contributed by atoms with Crippen molar-refractivity contribution in [3.63, 3.8) is 0 Å². The molecule has 9 nitrogen and oxygen atoms in total. The molecular formula is C37H33N3O6S. The second-order valence-corrected chi connectivity index (χ2v) is 12.8. The van der Waals surface area contributed by atoms with E-state index in [0.717, 1.165) is 16.7 Å². The van der Waals surface area contributed by atoms with Crippen molar-refractivity contribution in [1.29, 1.82) is 0 Å². The maximum Gasteiger partial charge on any atom is 0.337 e.